The number of ether oxygens (including phenoxy) is 1. The van der Waals surface area contributed by atoms with Gasteiger partial charge in [0.05, 0.1) is 6.26 Å². The lowest BCUT2D eigenvalue weighted by Crippen LogP contribution is -2.41. The number of carbonyl (C=O) groups is 1. The number of nitrogens with zero attached hydrogens (tertiary/aromatic N) is 2. The second-order valence-electron chi connectivity index (χ2n) is 9.64. The molecule has 0 saturated carbocycles. The van der Waals surface area contributed by atoms with Gasteiger partial charge in [0.1, 0.15) is 11.9 Å². The minimum absolute atomic E-state index is 0.0306. The van der Waals surface area contributed by atoms with Gasteiger partial charge in [-0.2, -0.15) is 0 Å². The second-order valence-corrected chi connectivity index (χ2v) is 9.64. The molecule has 0 bridgehead atoms. The van der Waals surface area contributed by atoms with Crippen molar-refractivity contribution in [1.82, 2.24) is 9.80 Å². The van der Waals surface area contributed by atoms with Gasteiger partial charge in [0.25, 0.3) is 5.91 Å². The van der Waals surface area contributed by atoms with Gasteiger partial charge in [0, 0.05) is 32.5 Å². The van der Waals surface area contributed by atoms with E-state index in [0.29, 0.717) is 18.8 Å². The number of benzene rings is 2. The van der Waals surface area contributed by atoms with Crippen LogP contribution in [0, 0.1) is 5.92 Å². The fraction of sp³-hybridized carbons (Fsp3) is 0.414. The maximum Gasteiger partial charge on any atom is 0.289 e. The highest BCUT2D eigenvalue weighted by molar-refractivity contribution is 5.91. The first-order valence-electron chi connectivity index (χ1n) is 12.6. The average Bonchev–Trinajstić information content (AvgIpc) is 3.42. The number of carbonyl (C=O) groups excluding carboxylic acids is 1. The number of hydrogen-bond acceptors (Lipinski definition) is 4. The van der Waals surface area contributed by atoms with Gasteiger partial charge in [-0.15, -0.1) is 0 Å². The quantitative estimate of drug-likeness (QED) is 0.474. The predicted molar refractivity (Wildman–Crippen MR) is 133 cm³/mol. The molecule has 1 aromatic heterocycles. The van der Waals surface area contributed by atoms with E-state index >= 15 is 0 Å². The van der Waals surface area contributed by atoms with Crippen molar-refractivity contribution in [2.75, 3.05) is 26.2 Å². The molecule has 3 heterocycles. The van der Waals surface area contributed by atoms with Gasteiger partial charge in [-0.3, -0.25) is 9.69 Å². The van der Waals surface area contributed by atoms with Gasteiger partial charge in [-0.1, -0.05) is 42.5 Å². The smallest absolute Gasteiger partial charge is 0.289 e. The van der Waals surface area contributed by atoms with E-state index in [2.05, 4.69) is 59.5 Å². The topological polar surface area (TPSA) is 45.9 Å². The molecule has 5 heteroatoms. The van der Waals surface area contributed by atoms with Gasteiger partial charge in [0.2, 0.25) is 0 Å². The van der Waals surface area contributed by atoms with Crippen LogP contribution in [-0.2, 0) is 13.0 Å². The van der Waals surface area contributed by atoms with Gasteiger partial charge < -0.3 is 14.1 Å². The molecule has 34 heavy (non-hydrogen) atoms. The molecule has 2 aliphatic rings. The van der Waals surface area contributed by atoms with Gasteiger partial charge in [-0.25, -0.2) is 0 Å². The third-order valence-corrected chi connectivity index (χ3v) is 7.17. The largest absolute Gasteiger partial charge is 0.490 e. The molecule has 178 valence electrons. The maximum atomic E-state index is 12.4. The summed E-state index contributed by atoms with van der Waals surface area (Å²) in [5.74, 6) is 2.10. The zero-order chi connectivity index (χ0) is 23.2. The Morgan fingerprint density at radius 2 is 1.56 bits per heavy atom. The molecule has 0 spiro atoms. The summed E-state index contributed by atoms with van der Waals surface area (Å²) in [5.41, 5.74) is 2.80. The fourth-order valence-electron chi connectivity index (χ4n) is 5.15. The summed E-state index contributed by atoms with van der Waals surface area (Å²) in [7, 11) is 0. The molecule has 1 amide bonds. The maximum absolute atomic E-state index is 12.4. The van der Waals surface area contributed by atoms with Crippen LogP contribution in [0.15, 0.2) is 77.4 Å². The molecule has 0 N–H and O–H groups in total. The lowest BCUT2D eigenvalue weighted by Gasteiger charge is -2.32. The van der Waals surface area contributed by atoms with E-state index in [1.165, 1.54) is 43.5 Å². The monoisotopic (exact) mass is 458 g/mol. The molecule has 5 rings (SSSR count). The highest BCUT2D eigenvalue weighted by atomic mass is 16.5. The lowest BCUT2D eigenvalue weighted by molar-refractivity contribution is 0.0566. The molecule has 5 nitrogen and oxygen atoms in total. The number of piperidine rings is 2. The van der Waals surface area contributed by atoms with Crippen LogP contribution in [0.1, 0.15) is 47.4 Å². The first kappa shape index (κ1) is 22.7. The van der Waals surface area contributed by atoms with Gasteiger partial charge in [0.15, 0.2) is 5.76 Å². The van der Waals surface area contributed by atoms with E-state index in [9.17, 15) is 4.79 Å². The van der Waals surface area contributed by atoms with Crippen molar-refractivity contribution in [2.24, 2.45) is 5.92 Å². The van der Waals surface area contributed by atoms with Crippen molar-refractivity contribution in [3.63, 3.8) is 0 Å². The van der Waals surface area contributed by atoms with Crippen LogP contribution < -0.4 is 4.74 Å². The van der Waals surface area contributed by atoms with Crippen LogP contribution in [-0.4, -0.2) is 48.0 Å². The fourth-order valence-corrected chi connectivity index (χ4v) is 5.15. The van der Waals surface area contributed by atoms with E-state index in [4.69, 9.17) is 9.15 Å². The molecular weight excluding hydrogens is 424 g/mol. The van der Waals surface area contributed by atoms with Crippen molar-refractivity contribution in [2.45, 2.75) is 44.8 Å². The lowest BCUT2D eigenvalue weighted by atomic mass is 9.90. The van der Waals surface area contributed by atoms with Crippen LogP contribution in [0.25, 0.3) is 0 Å². The Kier molecular flexibility index (Phi) is 7.30. The number of furan rings is 1. The van der Waals surface area contributed by atoms with Crippen molar-refractivity contribution in [3.05, 3.63) is 89.9 Å². The van der Waals surface area contributed by atoms with Crippen molar-refractivity contribution >= 4 is 5.91 Å². The molecule has 2 fully saturated rings. The minimum Gasteiger partial charge on any atom is -0.490 e. The standard InChI is InChI=1S/C29H34N2O3/c32-29(28-7-4-20-33-28)31-18-14-27(15-19-31)34-26-10-8-25(9-11-26)22-30-16-12-24(13-17-30)21-23-5-2-1-3-6-23/h1-11,20,24,27H,12-19,21-22H2. The molecule has 2 aliphatic heterocycles. The van der Waals surface area contributed by atoms with Crippen molar-refractivity contribution in [1.29, 1.82) is 0 Å². The Balaban J connectivity index is 1.04. The molecule has 0 radical (unpaired) electrons. The SMILES string of the molecule is O=C(c1ccco1)N1CCC(Oc2ccc(CN3CCC(Cc4ccccc4)CC3)cc2)CC1. The highest BCUT2D eigenvalue weighted by Gasteiger charge is 2.26. The first-order valence-corrected chi connectivity index (χ1v) is 12.6. The third-order valence-electron chi connectivity index (χ3n) is 7.17. The van der Waals surface area contributed by atoms with E-state index in [-0.39, 0.29) is 12.0 Å². The van der Waals surface area contributed by atoms with E-state index in [1.54, 1.807) is 18.4 Å². The Morgan fingerprint density at radius 3 is 2.24 bits per heavy atom. The summed E-state index contributed by atoms with van der Waals surface area (Å²) >= 11 is 0. The van der Waals surface area contributed by atoms with E-state index < -0.39 is 0 Å². The Hall–Kier alpha value is -3.05. The molecule has 2 saturated heterocycles. The molecule has 0 aliphatic carbocycles. The highest BCUT2D eigenvalue weighted by Crippen LogP contribution is 2.24. The molecule has 0 unspecified atom stereocenters. The summed E-state index contributed by atoms with van der Waals surface area (Å²) in [6, 6.07) is 22.9. The average molecular weight is 459 g/mol. The number of rotatable bonds is 7. The molecule has 0 atom stereocenters. The number of likely N-dealkylation sites (tertiary alicyclic amines) is 2. The van der Waals surface area contributed by atoms with Gasteiger partial charge >= 0.3 is 0 Å². The minimum atomic E-state index is -0.0306. The molecule has 2 aromatic carbocycles. The number of hydrogen-bond donors (Lipinski definition) is 0. The summed E-state index contributed by atoms with van der Waals surface area (Å²) in [4.78, 5) is 16.8. The van der Waals surface area contributed by atoms with Crippen LogP contribution in [0.5, 0.6) is 5.75 Å². The Labute approximate surface area is 202 Å². The summed E-state index contributed by atoms with van der Waals surface area (Å²) in [6.07, 6.45) is 7.12. The second kappa shape index (κ2) is 10.9. The first-order chi connectivity index (χ1) is 16.7. The van der Waals surface area contributed by atoms with Crippen LogP contribution in [0.4, 0.5) is 0 Å². The molecular formula is C29H34N2O3. The van der Waals surface area contributed by atoms with Crippen LogP contribution in [0.3, 0.4) is 0 Å². The number of amides is 1. The Morgan fingerprint density at radius 1 is 0.824 bits per heavy atom. The van der Waals surface area contributed by atoms with Crippen molar-refractivity contribution < 1.29 is 13.9 Å². The van der Waals surface area contributed by atoms with E-state index in [1.807, 2.05) is 4.90 Å². The third kappa shape index (κ3) is 5.89. The summed E-state index contributed by atoms with van der Waals surface area (Å²) < 4.78 is 11.5. The molecule has 3 aromatic rings. The van der Waals surface area contributed by atoms with Crippen LogP contribution >= 0.6 is 0 Å². The normalized spacial score (nSPS) is 18.2. The van der Waals surface area contributed by atoms with Crippen LogP contribution in [0.2, 0.25) is 0 Å². The zero-order valence-corrected chi connectivity index (χ0v) is 19.8. The van der Waals surface area contributed by atoms with Crippen molar-refractivity contribution in [3.8, 4) is 5.75 Å². The summed E-state index contributed by atoms with van der Waals surface area (Å²) in [5, 5.41) is 0. The van der Waals surface area contributed by atoms with Gasteiger partial charge in [-0.05, 0) is 73.7 Å². The predicted octanol–water partition coefficient (Wildman–Crippen LogP) is 5.42. The zero-order valence-electron chi connectivity index (χ0n) is 19.8. The van der Waals surface area contributed by atoms with E-state index in [0.717, 1.165) is 31.1 Å². The Bertz CT molecular complexity index is 1020. The summed E-state index contributed by atoms with van der Waals surface area (Å²) in [6.45, 7) is 4.74.